The van der Waals surface area contributed by atoms with Gasteiger partial charge in [0.1, 0.15) is 0 Å². The fourth-order valence-corrected chi connectivity index (χ4v) is 2.64. The van der Waals surface area contributed by atoms with Crippen molar-refractivity contribution in [1.82, 2.24) is 14.3 Å². The molecule has 0 aliphatic rings. The van der Waals surface area contributed by atoms with Crippen LogP contribution in [0.4, 0.5) is 0 Å². The van der Waals surface area contributed by atoms with E-state index >= 15 is 0 Å². The number of aryl methyl sites for hydroxylation is 1. The Morgan fingerprint density at radius 2 is 1.86 bits per heavy atom. The van der Waals surface area contributed by atoms with E-state index in [-0.39, 0.29) is 5.78 Å². The third-order valence-corrected chi connectivity index (χ3v) is 4.00. The van der Waals surface area contributed by atoms with Crippen LogP contribution in [0.15, 0.2) is 65.5 Å². The molecule has 1 aromatic carbocycles. The molecule has 0 saturated carbocycles. The van der Waals surface area contributed by atoms with Gasteiger partial charge in [-0.1, -0.05) is 0 Å². The number of hydrogen-bond acceptors (Lipinski definition) is 2. The van der Waals surface area contributed by atoms with E-state index in [0.717, 1.165) is 15.9 Å². The van der Waals surface area contributed by atoms with Crippen molar-refractivity contribution in [3.63, 3.8) is 0 Å². The molecule has 2 heterocycles. The molecule has 4 nitrogen and oxygen atoms in total. The smallest absolute Gasteiger partial charge is 0.185 e. The lowest BCUT2D eigenvalue weighted by Gasteiger charge is -2.03. The summed E-state index contributed by atoms with van der Waals surface area (Å²) in [6, 6.07) is 11.5. The standard InChI is InChI=1S/C17H14BrN3O/c1-20-16(15(18)12-19-20)8-9-17(22)13-4-6-14(7-5-13)21-10-2-3-11-21/h2-12H,1H3/b9-8+. The molecule has 3 rings (SSSR count). The van der Waals surface area contributed by atoms with Gasteiger partial charge < -0.3 is 4.57 Å². The normalized spacial score (nSPS) is 11.2. The third kappa shape index (κ3) is 2.94. The van der Waals surface area contributed by atoms with E-state index < -0.39 is 0 Å². The molecular formula is C17H14BrN3O. The number of halogens is 1. The number of benzene rings is 1. The van der Waals surface area contributed by atoms with Crippen molar-refractivity contribution in [1.29, 1.82) is 0 Å². The summed E-state index contributed by atoms with van der Waals surface area (Å²) in [5.74, 6) is -0.0350. The Labute approximate surface area is 136 Å². The summed E-state index contributed by atoms with van der Waals surface area (Å²) < 4.78 is 4.57. The molecule has 0 unspecified atom stereocenters. The van der Waals surface area contributed by atoms with Crippen LogP contribution < -0.4 is 0 Å². The maximum atomic E-state index is 12.2. The van der Waals surface area contributed by atoms with Gasteiger partial charge in [0.2, 0.25) is 0 Å². The molecule has 0 radical (unpaired) electrons. The van der Waals surface area contributed by atoms with Gasteiger partial charge in [-0.05, 0) is 64.5 Å². The van der Waals surface area contributed by atoms with Crippen LogP contribution in [0.5, 0.6) is 0 Å². The molecule has 0 bridgehead atoms. The van der Waals surface area contributed by atoms with E-state index in [4.69, 9.17) is 0 Å². The van der Waals surface area contributed by atoms with Crippen LogP contribution >= 0.6 is 15.9 Å². The molecule has 0 saturated heterocycles. The quantitative estimate of drug-likeness (QED) is 0.526. The first-order valence-corrected chi connectivity index (χ1v) is 7.58. The van der Waals surface area contributed by atoms with E-state index in [0.29, 0.717) is 5.56 Å². The van der Waals surface area contributed by atoms with E-state index in [9.17, 15) is 4.79 Å². The Morgan fingerprint density at radius 3 is 2.45 bits per heavy atom. The highest BCUT2D eigenvalue weighted by Gasteiger charge is 2.05. The van der Waals surface area contributed by atoms with Gasteiger partial charge in [0.05, 0.1) is 16.4 Å². The SMILES string of the molecule is Cn1ncc(Br)c1/C=C/C(=O)c1ccc(-n2cccc2)cc1. The van der Waals surface area contributed by atoms with Crippen molar-refractivity contribution in [3.8, 4) is 5.69 Å². The van der Waals surface area contributed by atoms with Gasteiger partial charge in [0, 0.05) is 30.7 Å². The molecule has 0 aliphatic heterocycles. The molecule has 5 heteroatoms. The summed E-state index contributed by atoms with van der Waals surface area (Å²) in [6.07, 6.45) is 8.97. The number of aromatic nitrogens is 3. The molecule has 0 N–H and O–H groups in total. The van der Waals surface area contributed by atoms with Crippen molar-refractivity contribution in [2.45, 2.75) is 0 Å². The highest BCUT2D eigenvalue weighted by molar-refractivity contribution is 9.10. The Hall–Kier alpha value is -2.40. The lowest BCUT2D eigenvalue weighted by Crippen LogP contribution is -1.97. The Morgan fingerprint density at radius 1 is 1.18 bits per heavy atom. The summed E-state index contributed by atoms with van der Waals surface area (Å²) in [5, 5.41) is 4.11. The van der Waals surface area contributed by atoms with Crippen LogP contribution in [-0.4, -0.2) is 20.1 Å². The largest absolute Gasteiger partial charge is 0.324 e. The van der Waals surface area contributed by atoms with Crippen molar-refractivity contribution in [2.24, 2.45) is 7.05 Å². The number of allylic oxidation sites excluding steroid dienone is 1. The van der Waals surface area contributed by atoms with Crippen LogP contribution in [-0.2, 0) is 7.05 Å². The number of carbonyl (C=O) groups excluding carboxylic acids is 1. The molecule has 0 aliphatic carbocycles. The Balaban J connectivity index is 1.78. The van der Waals surface area contributed by atoms with Gasteiger partial charge in [-0.25, -0.2) is 0 Å². The van der Waals surface area contributed by atoms with Crippen LogP contribution in [0.3, 0.4) is 0 Å². The van der Waals surface area contributed by atoms with Gasteiger partial charge in [-0.2, -0.15) is 5.10 Å². The molecule has 22 heavy (non-hydrogen) atoms. The minimum atomic E-state index is -0.0350. The summed E-state index contributed by atoms with van der Waals surface area (Å²) >= 11 is 3.41. The van der Waals surface area contributed by atoms with Crippen LogP contribution in [0, 0.1) is 0 Å². The van der Waals surface area contributed by atoms with E-state index in [2.05, 4.69) is 21.0 Å². The minimum Gasteiger partial charge on any atom is -0.324 e. The zero-order valence-electron chi connectivity index (χ0n) is 12.0. The van der Waals surface area contributed by atoms with Crippen molar-refractivity contribution >= 4 is 27.8 Å². The molecule has 0 fully saturated rings. The van der Waals surface area contributed by atoms with Gasteiger partial charge in [0.15, 0.2) is 5.78 Å². The predicted octanol–water partition coefficient (Wildman–Crippen LogP) is 3.87. The van der Waals surface area contributed by atoms with Crippen molar-refractivity contribution in [2.75, 3.05) is 0 Å². The van der Waals surface area contributed by atoms with Crippen LogP contribution in [0.25, 0.3) is 11.8 Å². The second-order valence-corrected chi connectivity index (χ2v) is 5.69. The second-order valence-electron chi connectivity index (χ2n) is 4.84. The lowest BCUT2D eigenvalue weighted by atomic mass is 10.1. The monoisotopic (exact) mass is 355 g/mol. The number of ketones is 1. The second kappa shape index (κ2) is 6.15. The maximum Gasteiger partial charge on any atom is 0.185 e. The zero-order valence-corrected chi connectivity index (χ0v) is 13.6. The van der Waals surface area contributed by atoms with Gasteiger partial charge in [-0.3, -0.25) is 9.48 Å². The van der Waals surface area contributed by atoms with E-state index in [1.807, 2.05) is 60.4 Å². The van der Waals surface area contributed by atoms with E-state index in [1.54, 1.807) is 23.0 Å². The van der Waals surface area contributed by atoms with Crippen LogP contribution in [0.2, 0.25) is 0 Å². The van der Waals surface area contributed by atoms with E-state index in [1.165, 1.54) is 0 Å². The highest BCUT2D eigenvalue weighted by atomic mass is 79.9. The first kappa shape index (κ1) is 14.5. The average molecular weight is 356 g/mol. The molecule has 3 aromatic rings. The topological polar surface area (TPSA) is 39.8 Å². The average Bonchev–Trinajstić information content (AvgIpc) is 3.17. The van der Waals surface area contributed by atoms with Gasteiger partial charge in [0.25, 0.3) is 0 Å². The zero-order chi connectivity index (χ0) is 15.5. The van der Waals surface area contributed by atoms with Crippen molar-refractivity contribution in [3.05, 3.63) is 76.8 Å². The Kier molecular flexibility index (Phi) is 4.06. The minimum absolute atomic E-state index is 0.0350. The lowest BCUT2D eigenvalue weighted by molar-refractivity contribution is 0.104. The fraction of sp³-hybridized carbons (Fsp3) is 0.0588. The number of carbonyl (C=O) groups is 1. The summed E-state index contributed by atoms with van der Waals surface area (Å²) in [7, 11) is 1.83. The molecule has 0 atom stereocenters. The summed E-state index contributed by atoms with van der Waals surface area (Å²) in [5.41, 5.74) is 2.54. The maximum absolute atomic E-state index is 12.2. The molecule has 0 amide bonds. The molecule has 0 spiro atoms. The Bertz CT molecular complexity index is 795. The number of rotatable bonds is 4. The first-order chi connectivity index (χ1) is 10.6. The number of nitrogens with zero attached hydrogens (tertiary/aromatic N) is 3. The summed E-state index contributed by atoms with van der Waals surface area (Å²) in [4.78, 5) is 12.2. The number of hydrogen-bond donors (Lipinski definition) is 0. The fourth-order valence-electron chi connectivity index (χ4n) is 2.16. The van der Waals surface area contributed by atoms with Crippen LogP contribution in [0.1, 0.15) is 16.1 Å². The first-order valence-electron chi connectivity index (χ1n) is 6.78. The van der Waals surface area contributed by atoms with Crippen molar-refractivity contribution < 1.29 is 4.79 Å². The third-order valence-electron chi connectivity index (χ3n) is 3.38. The predicted molar refractivity (Wildman–Crippen MR) is 90.0 cm³/mol. The molecular weight excluding hydrogens is 342 g/mol. The molecule has 2 aromatic heterocycles. The molecule has 110 valence electrons. The van der Waals surface area contributed by atoms with Gasteiger partial charge in [-0.15, -0.1) is 0 Å². The van der Waals surface area contributed by atoms with Gasteiger partial charge >= 0.3 is 0 Å². The highest BCUT2D eigenvalue weighted by Crippen LogP contribution is 2.17. The summed E-state index contributed by atoms with van der Waals surface area (Å²) in [6.45, 7) is 0.